The molecular formula is C26H23FN4O4S. The van der Waals surface area contributed by atoms with Crippen molar-refractivity contribution in [1.82, 2.24) is 15.3 Å². The monoisotopic (exact) mass is 506 g/mol. The number of nitrogens with two attached hydrogens (primary N) is 1. The average Bonchev–Trinajstić information content (AvgIpc) is 3.47. The minimum Gasteiger partial charge on any atom is -0.489 e. The molecule has 4 aromatic rings. The molecule has 2 aromatic carbocycles. The van der Waals surface area contributed by atoms with Crippen LogP contribution in [-0.4, -0.2) is 40.0 Å². The summed E-state index contributed by atoms with van der Waals surface area (Å²) < 4.78 is 20.3. The quantitative estimate of drug-likeness (QED) is 0.368. The Morgan fingerprint density at radius 2 is 2.00 bits per heavy atom. The van der Waals surface area contributed by atoms with Gasteiger partial charge in [-0.3, -0.25) is 9.59 Å². The number of aliphatic hydroxyl groups is 1. The molecule has 2 atom stereocenters. The van der Waals surface area contributed by atoms with E-state index in [0.717, 1.165) is 10.2 Å². The van der Waals surface area contributed by atoms with Gasteiger partial charge in [0, 0.05) is 16.7 Å². The van der Waals surface area contributed by atoms with Crippen LogP contribution in [0.1, 0.15) is 35.5 Å². The van der Waals surface area contributed by atoms with Gasteiger partial charge in [-0.25, -0.2) is 14.4 Å². The van der Waals surface area contributed by atoms with Gasteiger partial charge >= 0.3 is 0 Å². The molecule has 0 bridgehead atoms. The lowest BCUT2D eigenvalue weighted by molar-refractivity contribution is -0.123. The normalized spacial score (nSPS) is 18.3. The maximum Gasteiger partial charge on any atom is 0.251 e. The molecule has 0 spiro atoms. The highest BCUT2D eigenvalue weighted by molar-refractivity contribution is 7.16. The van der Waals surface area contributed by atoms with Gasteiger partial charge in [0.25, 0.3) is 5.91 Å². The number of benzene rings is 2. The molecule has 0 saturated carbocycles. The van der Waals surface area contributed by atoms with E-state index >= 15 is 0 Å². The molecule has 8 nitrogen and oxygen atoms in total. The standard InChI is InChI=1S/C26H23FN4O4S/c1-25(24(28)33)12-35-22-17(25)10-20(31-21(22)14-3-6-16(27)7-4-14)26(2,34)11-29-23(32)15-5-8-18-19(9-15)36-13-30-18/h3-10,13,34H,11-12H2,1-2H3,(H2,28,33)(H,29,32)/t25-,26-/m0/s1. The number of rotatable bonds is 6. The lowest BCUT2D eigenvalue weighted by Crippen LogP contribution is -2.41. The number of hydrogen-bond acceptors (Lipinski definition) is 7. The second-order valence-corrected chi connectivity index (χ2v) is 10.1. The maximum atomic E-state index is 13.6. The van der Waals surface area contributed by atoms with Crippen molar-refractivity contribution < 1.29 is 23.8 Å². The van der Waals surface area contributed by atoms with E-state index in [2.05, 4.69) is 15.3 Å². The summed E-state index contributed by atoms with van der Waals surface area (Å²) in [6.07, 6.45) is 0. The zero-order chi connectivity index (χ0) is 25.7. The molecule has 10 heteroatoms. The zero-order valence-corrected chi connectivity index (χ0v) is 20.4. The molecule has 0 fully saturated rings. The Labute approximate surface area is 210 Å². The first kappa shape index (κ1) is 23.8. The molecule has 3 heterocycles. The zero-order valence-electron chi connectivity index (χ0n) is 19.5. The number of thiazole rings is 1. The minimum absolute atomic E-state index is 0.00985. The predicted molar refractivity (Wildman–Crippen MR) is 133 cm³/mol. The van der Waals surface area contributed by atoms with Crippen molar-refractivity contribution in [3.8, 4) is 17.0 Å². The fraction of sp³-hybridized carbons (Fsp3) is 0.231. The molecular weight excluding hydrogens is 483 g/mol. The van der Waals surface area contributed by atoms with Crippen LogP contribution in [0.25, 0.3) is 21.5 Å². The van der Waals surface area contributed by atoms with E-state index in [1.807, 2.05) is 0 Å². The molecule has 2 aromatic heterocycles. The molecule has 0 saturated heterocycles. The molecule has 1 aliphatic rings. The highest BCUT2D eigenvalue weighted by atomic mass is 32.1. The summed E-state index contributed by atoms with van der Waals surface area (Å²) in [5, 5.41) is 14.1. The van der Waals surface area contributed by atoms with E-state index in [4.69, 9.17) is 10.5 Å². The summed E-state index contributed by atoms with van der Waals surface area (Å²) >= 11 is 1.43. The van der Waals surface area contributed by atoms with Crippen LogP contribution in [0, 0.1) is 5.82 Å². The van der Waals surface area contributed by atoms with Crippen LogP contribution >= 0.6 is 11.3 Å². The van der Waals surface area contributed by atoms with Crippen molar-refractivity contribution in [2.45, 2.75) is 24.9 Å². The first-order valence-corrected chi connectivity index (χ1v) is 12.0. The number of amides is 2. The summed E-state index contributed by atoms with van der Waals surface area (Å²) in [7, 11) is 0. The summed E-state index contributed by atoms with van der Waals surface area (Å²) in [6, 6.07) is 12.4. The number of nitrogens with zero attached hydrogens (tertiary/aromatic N) is 2. The van der Waals surface area contributed by atoms with Gasteiger partial charge in [0.05, 0.1) is 28.0 Å². The number of fused-ring (bicyclic) bond motifs is 2. The molecule has 2 amide bonds. The minimum atomic E-state index is -1.62. The molecule has 0 radical (unpaired) electrons. The largest absolute Gasteiger partial charge is 0.489 e. The molecule has 184 valence electrons. The van der Waals surface area contributed by atoms with Crippen molar-refractivity contribution >= 4 is 33.4 Å². The summed E-state index contributed by atoms with van der Waals surface area (Å²) in [4.78, 5) is 34.0. The molecule has 5 rings (SSSR count). The van der Waals surface area contributed by atoms with Gasteiger partial charge in [-0.15, -0.1) is 11.3 Å². The summed E-state index contributed by atoms with van der Waals surface area (Å²) in [5.74, 6) is -1.02. The second kappa shape index (κ2) is 8.65. The first-order chi connectivity index (χ1) is 17.1. The highest BCUT2D eigenvalue weighted by Gasteiger charge is 2.45. The van der Waals surface area contributed by atoms with Gasteiger partial charge in [0.1, 0.15) is 34.9 Å². The van der Waals surface area contributed by atoms with Crippen LogP contribution in [-0.2, 0) is 15.8 Å². The topological polar surface area (TPSA) is 127 Å². The lowest BCUT2D eigenvalue weighted by atomic mass is 9.82. The van der Waals surface area contributed by atoms with E-state index < -0.39 is 22.7 Å². The van der Waals surface area contributed by atoms with Gasteiger partial charge in [0.15, 0.2) is 0 Å². The predicted octanol–water partition coefficient (Wildman–Crippen LogP) is 3.27. The van der Waals surface area contributed by atoms with Crippen molar-refractivity contribution in [3.63, 3.8) is 0 Å². The van der Waals surface area contributed by atoms with E-state index in [1.165, 1.54) is 42.5 Å². The number of carbonyl (C=O) groups is 2. The average molecular weight is 507 g/mol. The van der Waals surface area contributed by atoms with E-state index in [-0.39, 0.29) is 24.8 Å². The number of pyridine rings is 1. The molecule has 36 heavy (non-hydrogen) atoms. The van der Waals surface area contributed by atoms with Gasteiger partial charge < -0.3 is 20.9 Å². The van der Waals surface area contributed by atoms with Crippen LogP contribution < -0.4 is 15.8 Å². The van der Waals surface area contributed by atoms with Crippen molar-refractivity contribution in [2.24, 2.45) is 5.73 Å². The van der Waals surface area contributed by atoms with Gasteiger partial charge in [-0.1, -0.05) is 0 Å². The molecule has 0 unspecified atom stereocenters. The Hall–Kier alpha value is -3.89. The van der Waals surface area contributed by atoms with Gasteiger partial charge in [-0.05, 0) is 62.4 Å². The third-order valence-corrected chi connectivity index (χ3v) is 7.26. The smallest absolute Gasteiger partial charge is 0.251 e. The number of carbonyl (C=O) groups excluding carboxylic acids is 2. The lowest BCUT2D eigenvalue weighted by Gasteiger charge is -2.26. The number of ether oxygens (including phenoxy) is 1. The Bertz CT molecular complexity index is 1500. The van der Waals surface area contributed by atoms with E-state index in [1.54, 1.807) is 36.7 Å². The Balaban J connectivity index is 1.50. The first-order valence-electron chi connectivity index (χ1n) is 11.2. The Morgan fingerprint density at radius 1 is 1.25 bits per heavy atom. The van der Waals surface area contributed by atoms with Crippen LogP contribution in [0.3, 0.4) is 0 Å². The molecule has 1 aliphatic heterocycles. The summed E-state index contributed by atoms with van der Waals surface area (Å²) in [5.41, 5.74) is 7.45. The number of aromatic nitrogens is 2. The second-order valence-electron chi connectivity index (χ2n) is 9.22. The fourth-order valence-corrected chi connectivity index (χ4v) is 4.82. The Morgan fingerprint density at radius 3 is 2.72 bits per heavy atom. The van der Waals surface area contributed by atoms with E-state index in [9.17, 15) is 19.1 Å². The SMILES string of the molecule is C[C@](O)(CNC(=O)c1ccc2ncsc2c1)c1cc2c(c(-c3ccc(F)cc3)n1)OC[C@]2(C)C(N)=O. The maximum absolute atomic E-state index is 13.6. The number of primary amides is 1. The third-order valence-electron chi connectivity index (χ3n) is 6.47. The van der Waals surface area contributed by atoms with Crippen LogP contribution in [0.15, 0.2) is 54.0 Å². The number of halogens is 1. The number of nitrogens with one attached hydrogen (secondary N) is 1. The van der Waals surface area contributed by atoms with Crippen LogP contribution in [0.4, 0.5) is 4.39 Å². The molecule has 4 N–H and O–H groups in total. The van der Waals surface area contributed by atoms with Gasteiger partial charge in [0.2, 0.25) is 5.91 Å². The van der Waals surface area contributed by atoms with Gasteiger partial charge in [-0.2, -0.15) is 0 Å². The van der Waals surface area contributed by atoms with Crippen LogP contribution in [0.5, 0.6) is 5.75 Å². The van der Waals surface area contributed by atoms with E-state index in [0.29, 0.717) is 28.1 Å². The summed E-state index contributed by atoms with van der Waals surface area (Å²) in [6.45, 7) is 3.02. The third kappa shape index (κ3) is 4.08. The molecule has 0 aliphatic carbocycles. The highest BCUT2D eigenvalue weighted by Crippen LogP contribution is 2.45. The van der Waals surface area contributed by atoms with Crippen LogP contribution in [0.2, 0.25) is 0 Å². The van der Waals surface area contributed by atoms with Crippen molar-refractivity contribution in [3.05, 3.63) is 76.7 Å². The fourth-order valence-electron chi connectivity index (χ4n) is 4.11. The Kier molecular flexibility index (Phi) is 5.73. The van der Waals surface area contributed by atoms with Crippen molar-refractivity contribution in [1.29, 1.82) is 0 Å². The van der Waals surface area contributed by atoms with Crippen molar-refractivity contribution in [2.75, 3.05) is 13.2 Å². The number of hydrogen-bond donors (Lipinski definition) is 3.